The van der Waals surface area contributed by atoms with Crippen LogP contribution in [0.15, 0.2) is 55.1 Å². The van der Waals surface area contributed by atoms with E-state index in [1.807, 2.05) is 17.6 Å². The molecule has 1 aromatic heterocycles. The van der Waals surface area contributed by atoms with E-state index < -0.39 is 14.2 Å². The summed E-state index contributed by atoms with van der Waals surface area (Å²) in [5.41, 5.74) is 4.08. The number of fused-ring (bicyclic) bond motifs is 1. The predicted molar refractivity (Wildman–Crippen MR) is 116 cm³/mol. The second kappa shape index (κ2) is 8.07. The second-order valence-electron chi connectivity index (χ2n) is 7.35. The molecule has 3 N–H and O–H groups in total. The zero-order valence-corrected chi connectivity index (χ0v) is 18.6. The topological polar surface area (TPSA) is 91.6 Å². The van der Waals surface area contributed by atoms with Gasteiger partial charge in [-0.05, 0) is 0 Å². The fraction of sp³-hybridized carbons (Fsp3) is 0.227. The van der Waals surface area contributed by atoms with Crippen LogP contribution in [-0.4, -0.2) is 32.8 Å². The van der Waals surface area contributed by atoms with Gasteiger partial charge in [-0.3, -0.25) is 0 Å². The van der Waals surface area contributed by atoms with Gasteiger partial charge in [0.1, 0.15) is 0 Å². The summed E-state index contributed by atoms with van der Waals surface area (Å²) in [5, 5.41) is 3.86. The Hall–Kier alpha value is -2.53. The van der Waals surface area contributed by atoms with Gasteiger partial charge in [-0.25, -0.2) is 0 Å². The van der Waals surface area contributed by atoms with Crippen LogP contribution < -0.4 is 9.67 Å². The predicted octanol–water partition coefficient (Wildman–Crippen LogP) is 3.07. The molecule has 1 heterocycles. The monoisotopic (exact) mass is 456 g/mol. The van der Waals surface area contributed by atoms with E-state index in [9.17, 15) is 16.7 Å². The Morgan fingerprint density at radius 3 is 2.41 bits per heavy atom. The molecule has 29 heavy (non-hydrogen) atoms. The summed E-state index contributed by atoms with van der Waals surface area (Å²) < 4.78 is 31.9. The van der Waals surface area contributed by atoms with E-state index in [4.69, 9.17) is 0 Å². The Labute approximate surface area is 172 Å². The number of hydrogen-bond acceptors (Lipinski definition) is 2. The minimum absolute atomic E-state index is 0.0284. The van der Waals surface area contributed by atoms with Gasteiger partial charge in [-0.15, -0.1) is 0 Å². The average Bonchev–Trinajstić information content (AvgIpc) is 2.93. The first-order chi connectivity index (χ1) is 13.6. The summed E-state index contributed by atoms with van der Waals surface area (Å²) in [4.78, 5) is 13.1. The van der Waals surface area contributed by atoms with Crippen molar-refractivity contribution in [3.63, 3.8) is 0 Å². The molecule has 2 aromatic carbocycles. The number of aromatic nitrogens is 1. The molecule has 6 nitrogen and oxygen atoms in total. The normalized spacial score (nSPS) is 11.8. The summed E-state index contributed by atoms with van der Waals surface area (Å²) in [6.07, 6.45) is 1.75. The molecule has 3 aromatic rings. The molecule has 3 rings (SSSR count). The van der Waals surface area contributed by atoms with E-state index in [-0.39, 0.29) is 10.3 Å². The van der Waals surface area contributed by atoms with Crippen molar-refractivity contribution in [2.45, 2.75) is 33.2 Å². The molecular weight excluding hydrogens is 431 g/mol. The maximum atomic E-state index is 13.1. The van der Waals surface area contributed by atoms with Crippen molar-refractivity contribution in [3.05, 3.63) is 71.9 Å². The third-order valence-electron chi connectivity index (χ3n) is 5.00. The van der Waals surface area contributed by atoms with Gasteiger partial charge in [0.2, 0.25) is 0 Å². The summed E-state index contributed by atoms with van der Waals surface area (Å²) >= 11 is -4.95. The number of rotatable bonds is 6. The molecule has 0 unspecified atom stereocenters. The second-order valence-corrected chi connectivity index (χ2v) is 10.7. The molecule has 0 spiro atoms. The number of nitrogens with zero attached hydrogens (tertiary/aromatic N) is 1. The Morgan fingerprint density at radius 1 is 1.21 bits per heavy atom. The zero-order valence-electron chi connectivity index (χ0n) is 16.7. The first kappa shape index (κ1) is 21.2. The molecule has 0 aliphatic rings. The number of hydrogen-bond donors (Lipinski definition) is 3. The van der Waals surface area contributed by atoms with Crippen LogP contribution in [0.3, 0.4) is 0 Å². The van der Waals surface area contributed by atoms with E-state index in [1.165, 1.54) is 29.8 Å². The fourth-order valence-electron chi connectivity index (χ4n) is 3.44. The average molecular weight is 456 g/mol. The standard InChI is InChI=1S/C22H25AsN2O4/c1-5-12-25-20-11-6-16(14(2)3)13-19(20)15(4)21(25)22(26)24-18-9-7-17(8-10-18)23(27,28)29/h5-11,13-14H,1,12H2,2-4H3,(H,24,26)(H2,27,28,29). The molecule has 0 bridgehead atoms. The third kappa shape index (κ3) is 4.25. The van der Waals surface area contributed by atoms with Gasteiger partial charge in [0.05, 0.1) is 0 Å². The van der Waals surface area contributed by atoms with Crippen LogP contribution in [0.5, 0.6) is 0 Å². The van der Waals surface area contributed by atoms with Crippen LogP contribution in [0.25, 0.3) is 10.9 Å². The Balaban J connectivity index is 2.02. The number of benzene rings is 2. The molecule has 0 aliphatic carbocycles. The van der Waals surface area contributed by atoms with Crippen molar-refractivity contribution in [2.24, 2.45) is 0 Å². The van der Waals surface area contributed by atoms with Crippen LogP contribution in [0.4, 0.5) is 5.69 Å². The molecule has 152 valence electrons. The van der Waals surface area contributed by atoms with Crippen LogP contribution in [0.2, 0.25) is 0 Å². The molecule has 0 saturated carbocycles. The molecule has 7 heteroatoms. The number of carbonyl (C=O) groups excluding carboxylic acids is 1. The number of anilines is 1. The molecule has 0 atom stereocenters. The zero-order chi connectivity index (χ0) is 21.3. The van der Waals surface area contributed by atoms with E-state index in [0.717, 1.165) is 16.5 Å². The van der Waals surface area contributed by atoms with Gasteiger partial charge in [0, 0.05) is 0 Å². The van der Waals surface area contributed by atoms with Crippen molar-refractivity contribution in [3.8, 4) is 0 Å². The molecule has 1 amide bonds. The van der Waals surface area contributed by atoms with Gasteiger partial charge in [0.15, 0.2) is 0 Å². The SMILES string of the molecule is C=CCn1c(C(=O)Nc2ccc([As](=O)(O)O)cc2)c(C)c2cc(C(C)C)ccc21. The molecule has 0 fully saturated rings. The van der Waals surface area contributed by atoms with Gasteiger partial charge in [0.25, 0.3) is 0 Å². The van der Waals surface area contributed by atoms with E-state index in [2.05, 4.69) is 37.9 Å². The summed E-state index contributed by atoms with van der Waals surface area (Å²) in [7, 11) is 0. The number of carbonyl (C=O) groups is 1. The molecule has 0 aliphatic heterocycles. The number of nitrogens with one attached hydrogen (secondary N) is 1. The summed E-state index contributed by atoms with van der Waals surface area (Å²) in [6.45, 7) is 10.5. The van der Waals surface area contributed by atoms with E-state index >= 15 is 0 Å². The van der Waals surface area contributed by atoms with Crippen LogP contribution in [0, 0.1) is 6.92 Å². The van der Waals surface area contributed by atoms with E-state index in [0.29, 0.717) is 23.8 Å². The van der Waals surface area contributed by atoms with Crippen LogP contribution in [0.1, 0.15) is 41.4 Å². The van der Waals surface area contributed by atoms with Crippen LogP contribution in [-0.2, 0) is 10.3 Å². The van der Waals surface area contributed by atoms with Gasteiger partial charge in [-0.1, -0.05) is 13.8 Å². The minimum atomic E-state index is -4.95. The first-order valence-corrected chi connectivity index (χ1v) is 12.7. The number of amides is 1. The molecule has 0 radical (unpaired) electrons. The van der Waals surface area contributed by atoms with Crippen molar-refractivity contribution in [1.29, 1.82) is 0 Å². The summed E-state index contributed by atoms with van der Waals surface area (Å²) in [5.74, 6) is 0.105. The van der Waals surface area contributed by atoms with Gasteiger partial charge in [-0.2, -0.15) is 0 Å². The van der Waals surface area contributed by atoms with Crippen molar-refractivity contribution >= 4 is 41.0 Å². The van der Waals surface area contributed by atoms with Crippen molar-refractivity contribution in [2.75, 3.05) is 5.32 Å². The van der Waals surface area contributed by atoms with Crippen molar-refractivity contribution in [1.82, 2.24) is 4.57 Å². The Bertz CT molecular complexity index is 1120. The fourth-order valence-corrected chi connectivity index (χ4v) is 4.57. The van der Waals surface area contributed by atoms with E-state index in [1.54, 1.807) is 6.08 Å². The third-order valence-corrected chi connectivity index (χ3v) is 7.03. The first-order valence-electron chi connectivity index (χ1n) is 9.34. The molecular formula is C22H25AsN2O4. The Kier molecular flexibility index (Phi) is 5.89. The maximum absolute atomic E-state index is 13.1. The number of allylic oxidation sites excluding steroid dienone is 1. The van der Waals surface area contributed by atoms with Gasteiger partial charge < -0.3 is 0 Å². The van der Waals surface area contributed by atoms with Gasteiger partial charge >= 0.3 is 159 Å². The Morgan fingerprint density at radius 2 is 1.86 bits per heavy atom. The molecule has 0 saturated heterocycles. The van der Waals surface area contributed by atoms with Crippen LogP contribution >= 0.6 is 0 Å². The summed E-state index contributed by atoms with van der Waals surface area (Å²) in [6, 6.07) is 11.9. The van der Waals surface area contributed by atoms with Crippen molar-refractivity contribution < 1.29 is 16.7 Å². The quantitative estimate of drug-likeness (QED) is 0.393. The number of aryl methyl sites for hydroxylation is 1.